The number of hydrazine groups is 1. The molecule has 132 valence electrons. The minimum atomic E-state index is -3.46. The van der Waals surface area contributed by atoms with E-state index in [1.807, 2.05) is 26.2 Å². The van der Waals surface area contributed by atoms with E-state index < -0.39 is 30.2 Å². The van der Waals surface area contributed by atoms with Gasteiger partial charge < -0.3 is 5.11 Å². The number of halogens is 4. The fourth-order valence-electron chi connectivity index (χ4n) is 2.27. The van der Waals surface area contributed by atoms with Gasteiger partial charge in [-0.2, -0.15) is 0 Å². The van der Waals surface area contributed by atoms with Crippen LogP contribution in [0.15, 0.2) is 36.0 Å². The number of nitrogens with zero attached hydrogens (tertiary/aromatic N) is 1. The molecule has 0 aromatic heterocycles. The van der Waals surface area contributed by atoms with Crippen LogP contribution >= 0.6 is 0 Å². The monoisotopic (exact) mass is 346 g/mol. The van der Waals surface area contributed by atoms with Gasteiger partial charge in [0.25, 0.3) is 18.8 Å². The van der Waals surface area contributed by atoms with E-state index in [1.54, 1.807) is 12.1 Å². The van der Waals surface area contributed by atoms with Gasteiger partial charge in [-0.25, -0.2) is 22.6 Å². The summed E-state index contributed by atoms with van der Waals surface area (Å²) in [5.74, 6) is -1.04. The normalized spacial score (nSPS) is 21.2. The minimum absolute atomic E-state index is 0.0153. The minimum Gasteiger partial charge on any atom is -0.361 e. The van der Waals surface area contributed by atoms with Gasteiger partial charge in [-0.1, -0.05) is 32.9 Å². The highest BCUT2D eigenvalue weighted by atomic mass is 19.3. The van der Waals surface area contributed by atoms with E-state index in [2.05, 4.69) is 0 Å². The van der Waals surface area contributed by atoms with Crippen molar-refractivity contribution in [3.8, 4) is 0 Å². The van der Waals surface area contributed by atoms with Crippen molar-refractivity contribution >= 4 is 5.91 Å². The molecule has 8 heteroatoms. The van der Waals surface area contributed by atoms with Crippen molar-refractivity contribution in [2.45, 2.75) is 44.8 Å². The van der Waals surface area contributed by atoms with Gasteiger partial charge in [-0.15, -0.1) is 0 Å². The number of nitrogens with one attached hydrogen (secondary N) is 1. The van der Waals surface area contributed by atoms with Crippen LogP contribution in [-0.2, 0) is 5.41 Å². The summed E-state index contributed by atoms with van der Waals surface area (Å²) < 4.78 is 51.8. The highest BCUT2D eigenvalue weighted by Crippen LogP contribution is 2.31. The van der Waals surface area contributed by atoms with E-state index in [1.165, 1.54) is 12.1 Å². The van der Waals surface area contributed by atoms with E-state index in [-0.39, 0.29) is 22.1 Å². The Morgan fingerprint density at radius 1 is 1.17 bits per heavy atom. The van der Waals surface area contributed by atoms with Gasteiger partial charge in [-0.05, 0) is 23.1 Å². The second kappa shape index (κ2) is 6.08. The Morgan fingerprint density at radius 3 is 2.12 bits per heavy atom. The number of hydrogen-bond acceptors (Lipinski definition) is 3. The van der Waals surface area contributed by atoms with Gasteiger partial charge in [0.05, 0.1) is 5.70 Å². The Morgan fingerprint density at radius 2 is 1.71 bits per heavy atom. The zero-order valence-electron chi connectivity index (χ0n) is 13.4. The molecule has 1 aliphatic rings. The maximum Gasteiger partial charge on any atom is 0.291 e. The second-order valence-electron chi connectivity index (χ2n) is 6.56. The number of carbonyl (C=O) groups is 1. The molecule has 0 saturated carbocycles. The highest BCUT2D eigenvalue weighted by molar-refractivity contribution is 5.95. The first-order valence-corrected chi connectivity index (χ1v) is 7.20. The second-order valence-corrected chi connectivity index (χ2v) is 6.56. The van der Waals surface area contributed by atoms with Gasteiger partial charge in [0.2, 0.25) is 5.72 Å². The molecule has 2 rings (SSSR count). The Bertz CT molecular complexity index is 653. The summed E-state index contributed by atoms with van der Waals surface area (Å²) in [5.41, 5.74) is -1.50. The maximum absolute atomic E-state index is 13.1. The number of alkyl halides is 4. The summed E-state index contributed by atoms with van der Waals surface area (Å²) in [7, 11) is 0. The predicted octanol–water partition coefficient (Wildman–Crippen LogP) is 3.05. The highest BCUT2D eigenvalue weighted by Gasteiger charge is 2.51. The lowest BCUT2D eigenvalue weighted by atomic mass is 9.86. The van der Waals surface area contributed by atoms with E-state index in [4.69, 9.17) is 0 Å². The molecule has 0 bridgehead atoms. The van der Waals surface area contributed by atoms with Gasteiger partial charge in [-0.3, -0.25) is 10.2 Å². The van der Waals surface area contributed by atoms with Crippen LogP contribution in [0.4, 0.5) is 17.6 Å². The molecule has 1 atom stereocenters. The molecule has 2 N–H and O–H groups in total. The van der Waals surface area contributed by atoms with Crippen molar-refractivity contribution in [1.82, 2.24) is 10.4 Å². The number of benzene rings is 1. The van der Waals surface area contributed by atoms with Gasteiger partial charge in [0.1, 0.15) is 0 Å². The standard InChI is InChI=1S/C16H18F4N2O2/c1-15(2,3)10-6-4-9(5-7-10)13(23)22-16(24,14(19)20)8-11(21-22)12(17)18/h4-8,12,14,21,24H,1-3H3. The van der Waals surface area contributed by atoms with Crippen LogP contribution in [0.1, 0.15) is 36.7 Å². The fraction of sp³-hybridized carbons (Fsp3) is 0.438. The van der Waals surface area contributed by atoms with Gasteiger partial charge >= 0.3 is 0 Å². The first-order valence-electron chi connectivity index (χ1n) is 7.20. The molecule has 4 nitrogen and oxygen atoms in total. The number of carbonyl (C=O) groups excluding carboxylic acids is 1. The average molecular weight is 346 g/mol. The van der Waals surface area contributed by atoms with Gasteiger partial charge in [0, 0.05) is 11.6 Å². The zero-order valence-corrected chi connectivity index (χ0v) is 13.4. The molecule has 0 radical (unpaired) electrons. The Balaban J connectivity index is 2.32. The van der Waals surface area contributed by atoms with Crippen LogP contribution in [0, 0.1) is 0 Å². The molecule has 0 saturated heterocycles. The number of amides is 1. The lowest BCUT2D eigenvalue weighted by molar-refractivity contribution is -0.146. The van der Waals surface area contributed by atoms with Crippen LogP contribution in [0.25, 0.3) is 0 Å². The third kappa shape index (κ3) is 3.24. The number of aliphatic hydroxyl groups is 1. The SMILES string of the molecule is CC(C)(C)c1ccc(C(=O)N2NC(C(F)F)=CC2(O)C(F)F)cc1. The van der Waals surface area contributed by atoms with Crippen LogP contribution in [0.2, 0.25) is 0 Å². The average Bonchev–Trinajstić information content (AvgIpc) is 2.85. The summed E-state index contributed by atoms with van der Waals surface area (Å²) in [4.78, 5) is 12.4. The van der Waals surface area contributed by atoms with E-state index >= 15 is 0 Å². The lowest BCUT2D eigenvalue weighted by Crippen LogP contribution is -2.56. The molecule has 1 aromatic rings. The molecular formula is C16H18F4N2O2. The van der Waals surface area contributed by atoms with Crippen molar-refractivity contribution < 1.29 is 27.5 Å². The molecule has 1 amide bonds. The molecular weight excluding hydrogens is 328 g/mol. The first kappa shape index (κ1) is 18.3. The van der Waals surface area contributed by atoms with Gasteiger partial charge in [0.15, 0.2) is 0 Å². The predicted molar refractivity (Wildman–Crippen MR) is 79.5 cm³/mol. The van der Waals surface area contributed by atoms with E-state index in [9.17, 15) is 27.5 Å². The zero-order chi connectivity index (χ0) is 18.3. The van der Waals surface area contributed by atoms with Crippen molar-refractivity contribution in [3.05, 3.63) is 47.2 Å². The molecule has 0 aliphatic carbocycles. The molecule has 1 unspecified atom stereocenters. The van der Waals surface area contributed by atoms with Crippen molar-refractivity contribution in [3.63, 3.8) is 0 Å². The molecule has 1 aliphatic heterocycles. The van der Waals surface area contributed by atoms with Crippen LogP contribution in [-0.4, -0.2) is 34.6 Å². The number of hydrogen-bond donors (Lipinski definition) is 2. The Kier molecular flexibility index (Phi) is 4.63. The quantitative estimate of drug-likeness (QED) is 0.827. The third-order valence-electron chi connectivity index (χ3n) is 3.72. The van der Waals surface area contributed by atoms with Crippen molar-refractivity contribution in [2.75, 3.05) is 0 Å². The molecule has 1 aromatic carbocycles. The van der Waals surface area contributed by atoms with E-state index in [0.29, 0.717) is 0 Å². The summed E-state index contributed by atoms with van der Waals surface area (Å²) in [6, 6.07) is 6.09. The summed E-state index contributed by atoms with van der Waals surface area (Å²) in [6.45, 7) is 5.88. The topological polar surface area (TPSA) is 52.6 Å². The number of allylic oxidation sites excluding steroid dienone is 1. The summed E-state index contributed by atoms with van der Waals surface area (Å²) in [6.07, 6.45) is -6.32. The summed E-state index contributed by atoms with van der Waals surface area (Å²) in [5, 5.41) is 10.1. The number of rotatable bonds is 3. The smallest absolute Gasteiger partial charge is 0.291 e. The van der Waals surface area contributed by atoms with Crippen LogP contribution in [0.3, 0.4) is 0 Å². The Hall–Kier alpha value is -2.09. The Labute approximate surface area is 136 Å². The van der Waals surface area contributed by atoms with Crippen LogP contribution < -0.4 is 5.43 Å². The van der Waals surface area contributed by atoms with E-state index in [0.717, 1.165) is 5.56 Å². The fourth-order valence-corrected chi connectivity index (χ4v) is 2.27. The lowest BCUT2D eigenvalue weighted by Gasteiger charge is -2.31. The molecule has 0 fully saturated rings. The largest absolute Gasteiger partial charge is 0.361 e. The van der Waals surface area contributed by atoms with Crippen LogP contribution in [0.5, 0.6) is 0 Å². The first-order chi connectivity index (χ1) is 11.0. The summed E-state index contributed by atoms with van der Waals surface area (Å²) >= 11 is 0. The molecule has 1 heterocycles. The van der Waals surface area contributed by atoms with Crippen molar-refractivity contribution in [1.29, 1.82) is 0 Å². The maximum atomic E-state index is 13.1. The van der Waals surface area contributed by atoms with Crippen molar-refractivity contribution in [2.24, 2.45) is 0 Å². The molecule has 24 heavy (non-hydrogen) atoms. The molecule has 0 spiro atoms. The third-order valence-corrected chi connectivity index (χ3v) is 3.72.